The van der Waals surface area contributed by atoms with Crippen LogP contribution in [0.5, 0.6) is 0 Å². The first kappa shape index (κ1) is 22.7. The second-order valence-corrected chi connectivity index (χ2v) is 8.14. The third kappa shape index (κ3) is 5.28. The summed E-state index contributed by atoms with van der Waals surface area (Å²) < 4.78 is 0. The molecule has 0 radical (unpaired) electrons. The first-order valence-electron chi connectivity index (χ1n) is 11.2. The van der Waals surface area contributed by atoms with Crippen molar-refractivity contribution in [1.82, 2.24) is 9.97 Å². The Labute approximate surface area is 200 Å². The molecule has 0 spiro atoms. The van der Waals surface area contributed by atoms with Gasteiger partial charge in [-0.05, 0) is 60.2 Å². The lowest BCUT2D eigenvalue weighted by Gasteiger charge is -2.11. The summed E-state index contributed by atoms with van der Waals surface area (Å²) in [5.74, 6) is 0.795. The zero-order valence-electron chi connectivity index (χ0n) is 19.4. The second-order valence-electron chi connectivity index (χ2n) is 8.14. The van der Waals surface area contributed by atoms with E-state index in [9.17, 15) is 5.26 Å². The van der Waals surface area contributed by atoms with Crippen LogP contribution in [-0.2, 0) is 6.54 Å². The predicted octanol–water partition coefficient (Wildman–Crippen LogP) is 7.32. The van der Waals surface area contributed by atoms with Crippen molar-refractivity contribution in [3.05, 3.63) is 120 Å². The van der Waals surface area contributed by atoms with Crippen molar-refractivity contribution in [3.63, 3.8) is 0 Å². The summed E-state index contributed by atoms with van der Waals surface area (Å²) in [4.78, 5) is 9.16. The van der Waals surface area contributed by atoms with E-state index in [0.717, 1.165) is 50.1 Å². The Bertz CT molecular complexity index is 1440. The highest BCUT2D eigenvalue weighted by Gasteiger charge is 2.07. The van der Waals surface area contributed by atoms with Gasteiger partial charge < -0.3 is 5.32 Å². The molecule has 0 fully saturated rings. The van der Waals surface area contributed by atoms with Gasteiger partial charge in [-0.3, -0.25) is 4.98 Å². The molecule has 0 aliphatic carbocycles. The summed E-state index contributed by atoms with van der Waals surface area (Å²) in [7, 11) is 0. The van der Waals surface area contributed by atoms with Crippen LogP contribution in [0.3, 0.4) is 0 Å². The molecule has 4 rings (SSSR count). The summed E-state index contributed by atoms with van der Waals surface area (Å²) in [5, 5.41) is 14.6. The van der Waals surface area contributed by atoms with E-state index < -0.39 is 0 Å². The molecule has 1 N–H and O–H groups in total. The number of allylic oxidation sites excluding steroid dienone is 5. The van der Waals surface area contributed by atoms with Crippen LogP contribution in [0.4, 0.5) is 5.82 Å². The van der Waals surface area contributed by atoms with Crippen molar-refractivity contribution in [1.29, 1.82) is 5.26 Å². The van der Waals surface area contributed by atoms with Gasteiger partial charge in [0.1, 0.15) is 5.82 Å². The summed E-state index contributed by atoms with van der Waals surface area (Å²) in [6.45, 7) is 8.66. The van der Waals surface area contributed by atoms with Gasteiger partial charge in [0.05, 0.1) is 17.3 Å². The maximum absolute atomic E-state index is 9.17. The number of pyridine rings is 2. The van der Waals surface area contributed by atoms with Crippen LogP contribution in [0.2, 0.25) is 0 Å². The number of benzene rings is 2. The topological polar surface area (TPSA) is 61.6 Å². The van der Waals surface area contributed by atoms with Gasteiger partial charge in [0.15, 0.2) is 0 Å². The molecule has 4 nitrogen and oxygen atoms in total. The fourth-order valence-electron chi connectivity index (χ4n) is 3.79. The minimum absolute atomic E-state index is 0.621. The third-order valence-corrected chi connectivity index (χ3v) is 5.43. The van der Waals surface area contributed by atoms with Gasteiger partial charge in [0.2, 0.25) is 0 Å². The van der Waals surface area contributed by atoms with Crippen molar-refractivity contribution in [2.24, 2.45) is 0 Å². The highest BCUT2D eigenvalue weighted by molar-refractivity contribution is 5.93. The second kappa shape index (κ2) is 10.4. The molecule has 166 valence electrons. The van der Waals surface area contributed by atoms with Gasteiger partial charge in [-0.2, -0.15) is 5.26 Å². The van der Waals surface area contributed by atoms with Gasteiger partial charge in [-0.1, -0.05) is 66.8 Å². The Morgan fingerprint density at radius 2 is 1.91 bits per heavy atom. The number of nitrogens with one attached hydrogen (secondary N) is 1. The van der Waals surface area contributed by atoms with E-state index in [2.05, 4.69) is 64.4 Å². The van der Waals surface area contributed by atoms with E-state index in [0.29, 0.717) is 12.1 Å². The maximum Gasteiger partial charge on any atom is 0.135 e. The molecule has 4 aromatic rings. The number of fused-ring (bicyclic) bond motifs is 1. The lowest BCUT2D eigenvalue weighted by molar-refractivity contribution is 1.12. The Hall–Kier alpha value is -4.49. The van der Waals surface area contributed by atoms with E-state index in [4.69, 9.17) is 0 Å². The summed E-state index contributed by atoms with van der Waals surface area (Å²) in [6.07, 6.45) is 9.87. The van der Waals surface area contributed by atoms with Crippen molar-refractivity contribution in [2.75, 3.05) is 5.32 Å². The Kier molecular flexibility index (Phi) is 6.95. The molecule has 0 bridgehead atoms. The Balaban J connectivity index is 1.54. The van der Waals surface area contributed by atoms with Crippen LogP contribution >= 0.6 is 0 Å². The predicted molar refractivity (Wildman–Crippen MR) is 141 cm³/mol. The molecule has 0 saturated carbocycles. The number of hydrogen-bond donors (Lipinski definition) is 1. The van der Waals surface area contributed by atoms with Crippen molar-refractivity contribution < 1.29 is 0 Å². The van der Waals surface area contributed by atoms with Crippen LogP contribution in [0.25, 0.3) is 27.6 Å². The number of nitriles is 1. The smallest absolute Gasteiger partial charge is 0.135 e. The number of aromatic nitrogens is 2. The van der Waals surface area contributed by atoms with Crippen LogP contribution in [-0.4, -0.2) is 9.97 Å². The normalized spacial score (nSPS) is 11.5. The summed E-state index contributed by atoms with van der Waals surface area (Å²) in [5.41, 5.74) is 6.86. The number of nitrogens with zero attached hydrogens (tertiary/aromatic N) is 3. The van der Waals surface area contributed by atoms with Gasteiger partial charge in [0, 0.05) is 29.9 Å². The van der Waals surface area contributed by atoms with Crippen LogP contribution in [0.15, 0.2) is 103 Å². The lowest BCUT2D eigenvalue weighted by Crippen LogP contribution is -2.02. The lowest BCUT2D eigenvalue weighted by atomic mass is 10.0. The molecular formula is C30H26N4. The van der Waals surface area contributed by atoms with Crippen molar-refractivity contribution >= 4 is 22.2 Å². The number of rotatable bonds is 7. The molecule has 34 heavy (non-hydrogen) atoms. The largest absolute Gasteiger partial charge is 0.365 e. The first-order valence-corrected chi connectivity index (χ1v) is 11.2. The van der Waals surface area contributed by atoms with E-state index in [1.165, 1.54) is 0 Å². The monoisotopic (exact) mass is 442 g/mol. The minimum atomic E-state index is 0.621. The van der Waals surface area contributed by atoms with Crippen LogP contribution < -0.4 is 5.32 Å². The average molecular weight is 443 g/mol. The third-order valence-electron chi connectivity index (χ3n) is 5.43. The summed E-state index contributed by atoms with van der Waals surface area (Å²) in [6, 6.07) is 22.2. The average Bonchev–Trinajstić information content (AvgIpc) is 2.87. The van der Waals surface area contributed by atoms with Crippen LogP contribution in [0, 0.1) is 11.3 Å². The molecule has 0 aliphatic heterocycles. The molecule has 0 unspecified atom stereocenters. The van der Waals surface area contributed by atoms with E-state index >= 15 is 0 Å². The summed E-state index contributed by atoms with van der Waals surface area (Å²) >= 11 is 0. The maximum atomic E-state index is 9.17. The van der Waals surface area contributed by atoms with E-state index in [1.807, 2.05) is 56.5 Å². The SMILES string of the molecule is C=C(C)/C=C(\C=C/C)c1ccc(CNc2nccc3cc(-c4cccc(C#N)c4)ncc23)cc1. The van der Waals surface area contributed by atoms with Crippen molar-refractivity contribution in [2.45, 2.75) is 20.4 Å². The van der Waals surface area contributed by atoms with Gasteiger partial charge in [-0.15, -0.1) is 0 Å². The molecule has 4 heteroatoms. The van der Waals surface area contributed by atoms with Gasteiger partial charge in [-0.25, -0.2) is 4.98 Å². The molecule has 0 saturated heterocycles. The molecule has 2 heterocycles. The molecule has 2 aromatic heterocycles. The fraction of sp³-hybridized carbons (Fsp3) is 0.100. The van der Waals surface area contributed by atoms with Gasteiger partial charge in [0.25, 0.3) is 0 Å². The highest BCUT2D eigenvalue weighted by Crippen LogP contribution is 2.26. The molecule has 0 amide bonds. The van der Waals surface area contributed by atoms with Crippen LogP contribution in [0.1, 0.15) is 30.5 Å². The minimum Gasteiger partial charge on any atom is -0.365 e. The molecule has 0 atom stereocenters. The molecular weight excluding hydrogens is 416 g/mol. The van der Waals surface area contributed by atoms with E-state index in [-0.39, 0.29) is 0 Å². The fourth-order valence-corrected chi connectivity index (χ4v) is 3.79. The van der Waals surface area contributed by atoms with Crippen molar-refractivity contribution in [3.8, 4) is 17.3 Å². The number of anilines is 1. The quantitative estimate of drug-likeness (QED) is 0.305. The first-order chi connectivity index (χ1) is 16.6. The number of hydrogen-bond acceptors (Lipinski definition) is 4. The van der Waals surface area contributed by atoms with E-state index in [1.54, 1.807) is 12.3 Å². The Morgan fingerprint density at radius 1 is 1.09 bits per heavy atom. The van der Waals surface area contributed by atoms with Gasteiger partial charge >= 0.3 is 0 Å². The zero-order chi connectivity index (χ0) is 23.9. The molecule has 2 aromatic carbocycles. The standard InChI is InChI=1S/C30H26N4/c1-4-6-25(15-21(2)3)24-11-9-22(10-12-24)19-34-30-28-20-33-29(17-26(28)13-14-32-30)27-8-5-7-23(16-27)18-31/h4-17,20H,2,19H2,1,3H3,(H,32,34)/b6-4-,25-15+. The highest BCUT2D eigenvalue weighted by atomic mass is 15.0. The zero-order valence-corrected chi connectivity index (χ0v) is 19.4. The Morgan fingerprint density at radius 3 is 2.65 bits per heavy atom. The molecule has 0 aliphatic rings.